The summed E-state index contributed by atoms with van der Waals surface area (Å²) < 4.78 is 6.54. The third kappa shape index (κ3) is 4.70. The Bertz CT molecular complexity index is 742. The summed E-state index contributed by atoms with van der Waals surface area (Å²) in [5, 5.41) is 17.2. The number of aromatic amines is 1. The number of aromatic nitrogens is 2. The molecule has 1 saturated carbocycles. The molecule has 0 saturated heterocycles. The maximum atomic E-state index is 9.82. The van der Waals surface area contributed by atoms with Crippen molar-refractivity contribution in [3.63, 3.8) is 0 Å². The van der Waals surface area contributed by atoms with Crippen molar-refractivity contribution in [2.24, 2.45) is 0 Å². The molecule has 148 valence electrons. The average Bonchev–Trinajstić information content (AvgIpc) is 3.14. The number of hydrogen-bond donors (Lipinski definition) is 2. The smallest absolute Gasteiger partial charge is 0.192 e. The molecule has 5 heteroatoms. The Balaban J connectivity index is 1.87. The molecule has 0 radical (unpaired) electrons. The Morgan fingerprint density at radius 2 is 1.85 bits per heavy atom. The van der Waals surface area contributed by atoms with Crippen molar-refractivity contribution in [2.45, 2.75) is 83.2 Å². The van der Waals surface area contributed by atoms with Gasteiger partial charge in [0, 0.05) is 11.8 Å². The predicted molar refractivity (Wildman–Crippen MR) is 113 cm³/mol. The number of hydrogen-bond acceptors (Lipinski definition) is 3. The number of nitrogens with one attached hydrogen (secondary N) is 1. The Morgan fingerprint density at radius 3 is 2.44 bits per heavy atom. The van der Waals surface area contributed by atoms with Crippen molar-refractivity contribution in [1.82, 2.24) is 10.2 Å². The molecule has 1 aliphatic carbocycles. The van der Waals surface area contributed by atoms with Gasteiger partial charge in [0.2, 0.25) is 0 Å². The third-order valence-corrected chi connectivity index (χ3v) is 11.0. The number of rotatable bonds is 5. The highest BCUT2D eigenvalue weighted by atomic mass is 28.4. The SMILES string of the molecule is CC(C)(C)[Si](C)(C)OCc1cc([C@H]2CC[C@H](O)CC2)ccc1-c1ccn[nH]1. The summed E-state index contributed by atoms with van der Waals surface area (Å²) in [5.74, 6) is 0.538. The van der Waals surface area contributed by atoms with Crippen LogP contribution in [0.5, 0.6) is 0 Å². The fraction of sp³-hybridized carbons (Fsp3) is 0.591. The molecule has 1 aromatic heterocycles. The zero-order chi connectivity index (χ0) is 19.7. The monoisotopic (exact) mass is 386 g/mol. The van der Waals surface area contributed by atoms with Crippen LogP contribution in [0.15, 0.2) is 30.5 Å². The van der Waals surface area contributed by atoms with E-state index in [0.29, 0.717) is 12.5 Å². The molecule has 1 aliphatic rings. The third-order valence-electron chi connectivity index (χ3n) is 6.48. The molecule has 1 aromatic carbocycles. The summed E-state index contributed by atoms with van der Waals surface area (Å²) in [7, 11) is -1.82. The second kappa shape index (κ2) is 7.90. The van der Waals surface area contributed by atoms with E-state index in [-0.39, 0.29) is 11.1 Å². The van der Waals surface area contributed by atoms with Crippen molar-refractivity contribution in [3.8, 4) is 11.3 Å². The Morgan fingerprint density at radius 1 is 1.15 bits per heavy atom. The molecule has 1 fully saturated rings. The molecule has 0 amide bonds. The molecule has 2 N–H and O–H groups in total. The molecule has 0 aliphatic heterocycles. The van der Waals surface area contributed by atoms with Crippen molar-refractivity contribution in [1.29, 1.82) is 0 Å². The number of H-pyrrole nitrogens is 1. The molecular formula is C22H34N2O2Si. The van der Waals surface area contributed by atoms with Crippen LogP contribution in [0.2, 0.25) is 18.1 Å². The summed E-state index contributed by atoms with van der Waals surface area (Å²) in [6.45, 7) is 12.1. The van der Waals surface area contributed by atoms with Gasteiger partial charge in [-0.05, 0) is 66.9 Å². The van der Waals surface area contributed by atoms with Gasteiger partial charge in [0.05, 0.1) is 18.4 Å². The largest absolute Gasteiger partial charge is 0.413 e. The minimum atomic E-state index is -1.82. The van der Waals surface area contributed by atoms with Crippen LogP contribution in [0, 0.1) is 0 Å². The quantitative estimate of drug-likeness (QED) is 0.656. The lowest BCUT2D eigenvalue weighted by molar-refractivity contribution is 0.122. The second-order valence-electron chi connectivity index (χ2n) is 9.44. The maximum Gasteiger partial charge on any atom is 0.192 e. The van der Waals surface area contributed by atoms with Gasteiger partial charge in [-0.25, -0.2) is 0 Å². The fourth-order valence-electron chi connectivity index (χ4n) is 3.54. The number of aliphatic hydroxyl groups excluding tert-OH is 1. The summed E-state index contributed by atoms with van der Waals surface area (Å²) in [6.07, 6.45) is 5.61. The molecule has 1 heterocycles. The summed E-state index contributed by atoms with van der Waals surface area (Å²) in [6, 6.07) is 8.79. The van der Waals surface area contributed by atoms with E-state index in [4.69, 9.17) is 4.43 Å². The first kappa shape index (κ1) is 20.3. The van der Waals surface area contributed by atoms with Crippen LogP contribution < -0.4 is 0 Å². The minimum absolute atomic E-state index is 0.119. The van der Waals surface area contributed by atoms with E-state index < -0.39 is 8.32 Å². The highest BCUT2D eigenvalue weighted by molar-refractivity contribution is 6.74. The summed E-state index contributed by atoms with van der Waals surface area (Å²) in [5.41, 5.74) is 4.81. The van der Waals surface area contributed by atoms with Gasteiger partial charge in [-0.1, -0.05) is 39.0 Å². The minimum Gasteiger partial charge on any atom is -0.413 e. The molecule has 27 heavy (non-hydrogen) atoms. The zero-order valence-electron chi connectivity index (χ0n) is 17.4. The normalized spacial score (nSPS) is 21.4. The standard InChI is InChI=1S/C22H34N2O2Si/c1-22(2,3)27(4,5)26-15-18-14-17(16-6-9-19(25)10-7-16)8-11-20(18)21-12-13-23-24-21/h8,11-14,16,19,25H,6-7,9-10,15H2,1-5H3,(H,23,24)/t16-,19-. The molecule has 0 atom stereocenters. The fourth-order valence-corrected chi connectivity index (χ4v) is 4.49. The lowest BCUT2D eigenvalue weighted by atomic mass is 9.82. The van der Waals surface area contributed by atoms with E-state index in [2.05, 4.69) is 62.3 Å². The number of nitrogens with zero attached hydrogens (tertiary/aromatic N) is 1. The van der Waals surface area contributed by atoms with Crippen LogP contribution in [0.1, 0.15) is 63.5 Å². The van der Waals surface area contributed by atoms with E-state index >= 15 is 0 Å². The van der Waals surface area contributed by atoms with Crippen molar-refractivity contribution in [3.05, 3.63) is 41.6 Å². The lowest BCUT2D eigenvalue weighted by Gasteiger charge is -2.36. The highest BCUT2D eigenvalue weighted by Crippen LogP contribution is 2.39. The van der Waals surface area contributed by atoms with Crippen molar-refractivity contribution in [2.75, 3.05) is 0 Å². The van der Waals surface area contributed by atoms with E-state index in [0.717, 1.165) is 31.4 Å². The van der Waals surface area contributed by atoms with Crippen LogP contribution in [0.4, 0.5) is 0 Å². The van der Waals surface area contributed by atoms with Crippen LogP contribution >= 0.6 is 0 Å². The molecule has 0 bridgehead atoms. The van der Waals surface area contributed by atoms with E-state index in [9.17, 15) is 5.11 Å². The Hall–Kier alpha value is -1.43. The first-order valence-corrected chi connectivity index (χ1v) is 13.0. The van der Waals surface area contributed by atoms with E-state index in [1.165, 1.54) is 16.7 Å². The average molecular weight is 387 g/mol. The topological polar surface area (TPSA) is 58.1 Å². The molecule has 0 unspecified atom stereocenters. The second-order valence-corrected chi connectivity index (χ2v) is 14.3. The van der Waals surface area contributed by atoms with Crippen molar-refractivity contribution < 1.29 is 9.53 Å². The van der Waals surface area contributed by atoms with E-state index in [1.807, 2.05) is 6.07 Å². The molecular weight excluding hydrogens is 352 g/mol. The zero-order valence-corrected chi connectivity index (χ0v) is 18.4. The van der Waals surface area contributed by atoms with E-state index in [1.54, 1.807) is 6.20 Å². The van der Waals surface area contributed by atoms with Gasteiger partial charge < -0.3 is 9.53 Å². The highest BCUT2D eigenvalue weighted by Gasteiger charge is 2.37. The van der Waals surface area contributed by atoms with Gasteiger partial charge >= 0.3 is 0 Å². The predicted octanol–water partition coefficient (Wildman–Crippen LogP) is 5.62. The van der Waals surface area contributed by atoms with Crippen LogP contribution in [0.25, 0.3) is 11.3 Å². The number of benzene rings is 1. The molecule has 0 spiro atoms. The first-order chi connectivity index (χ1) is 12.7. The maximum absolute atomic E-state index is 9.82. The molecule has 4 nitrogen and oxygen atoms in total. The summed E-state index contributed by atoms with van der Waals surface area (Å²) in [4.78, 5) is 0. The number of aliphatic hydroxyl groups is 1. The first-order valence-electron chi connectivity index (χ1n) is 10.1. The molecule has 2 aromatic rings. The summed E-state index contributed by atoms with van der Waals surface area (Å²) >= 11 is 0. The Labute approximate surface area is 164 Å². The van der Waals surface area contributed by atoms with Crippen LogP contribution in [-0.2, 0) is 11.0 Å². The van der Waals surface area contributed by atoms with Gasteiger partial charge in [0.1, 0.15) is 0 Å². The van der Waals surface area contributed by atoms with Gasteiger partial charge in [-0.15, -0.1) is 0 Å². The van der Waals surface area contributed by atoms with Crippen molar-refractivity contribution >= 4 is 8.32 Å². The van der Waals surface area contributed by atoms with Crippen LogP contribution in [0.3, 0.4) is 0 Å². The van der Waals surface area contributed by atoms with Gasteiger partial charge in [-0.2, -0.15) is 5.10 Å². The molecule has 3 rings (SSSR count). The van der Waals surface area contributed by atoms with Gasteiger partial charge in [-0.3, -0.25) is 5.10 Å². The van der Waals surface area contributed by atoms with Gasteiger partial charge in [0.25, 0.3) is 0 Å². The Kier molecular flexibility index (Phi) is 5.94. The lowest BCUT2D eigenvalue weighted by Crippen LogP contribution is -2.40. The van der Waals surface area contributed by atoms with Crippen LogP contribution in [-0.4, -0.2) is 29.7 Å². The van der Waals surface area contributed by atoms with Gasteiger partial charge in [0.15, 0.2) is 8.32 Å².